The summed E-state index contributed by atoms with van der Waals surface area (Å²) in [4.78, 5) is 16.1. The van der Waals surface area contributed by atoms with E-state index in [1.54, 1.807) is 31.6 Å². The summed E-state index contributed by atoms with van der Waals surface area (Å²) in [6, 6.07) is 5.96. The third kappa shape index (κ3) is 3.53. The third-order valence-electron chi connectivity index (χ3n) is 3.42. The maximum absolute atomic E-state index is 12.9. The Bertz CT molecular complexity index is 905. The van der Waals surface area contributed by atoms with Crippen molar-refractivity contribution in [2.24, 2.45) is 7.05 Å². The van der Waals surface area contributed by atoms with Crippen LogP contribution in [0.3, 0.4) is 0 Å². The van der Waals surface area contributed by atoms with E-state index < -0.39 is 0 Å². The summed E-state index contributed by atoms with van der Waals surface area (Å²) in [7, 11) is 1.59. The topological polar surface area (TPSA) is 73.0 Å². The zero-order chi connectivity index (χ0) is 17.1. The van der Waals surface area contributed by atoms with Gasteiger partial charge in [-0.25, -0.2) is 14.1 Å². The minimum absolute atomic E-state index is 0.208. The van der Waals surface area contributed by atoms with Crippen molar-refractivity contribution in [1.82, 2.24) is 14.8 Å². The Balaban J connectivity index is 1.63. The summed E-state index contributed by atoms with van der Waals surface area (Å²) in [5.41, 5.74) is 1.89. The number of anilines is 1. The predicted molar refractivity (Wildman–Crippen MR) is 91.3 cm³/mol. The molecule has 0 saturated heterocycles. The number of benzene rings is 1. The molecule has 0 bridgehead atoms. The SMILES string of the molecule is Cn1ncc(NCCc2coc(-c3ccc(F)cc3)n2)c(Br)c1=O. The molecule has 124 valence electrons. The summed E-state index contributed by atoms with van der Waals surface area (Å²) in [5.74, 6) is 0.143. The number of aromatic nitrogens is 3. The summed E-state index contributed by atoms with van der Waals surface area (Å²) >= 11 is 3.26. The van der Waals surface area contributed by atoms with Gasteiger partial charge < -0.3 is 9.73 Å². The number of aryl methyl sites for hydroxylation is 1. The van der Waals surface area contributed by atoms with Crippen LogP contribution in [0.15, 0.2) is 50.4 Å². The second kappa shape index (κ2) is 6.96. The highest BCUT2D eigenvalue weighted by Crippen LogP contribution is 2.20. The molecule has 0 unspecified atom stereocenters. The molecule has 0 fully saturated rings. The van der Waals surface area contributed by atoms with Crippen LogP contribution in [-0.2, 0) is 13.5 Å². The highest BCUT2D eigenvalue weighted by atomic mass is 79.9. The van der Waals surface area contributed by atoms with Crippen LogP contribution in [0, 0.1) is 5.82 Å². The second-order valence-electron chi connectivity index (χ2n) is 5.13. The predicted octanol–water partition coefficient (Wildman–Crippen LogP) is 2.99. The van der Waals surface area contributed by atoms with Gasteiger partial charge in [0.15, 0.2) is 0 Å². The highest BCUT2D eigenvalue weighted by molar-refractivity contribution is 9.10. The Kier molecular flexibility index (Phi) is 4.75. The molecule has 0 aliphatic heterocycles. The molecule has 24 heavy (non-hydrogen) atoms. The van der Waals surface area contributed by atoms with E-state index >= 15 is 0 Å². The molecule has 3 aromatic rings. The Morgan fingerprint density at radius 3 is 2.83 bits per heavy atom. The van der Waals surface area contributed by atoms with E-state index in [9.17, 15) is 9.18 Å². The molecule has 2 heterocycles. The van der Waals surface area contributed by atoms with Gasteiger partial charge in [-0.2, -0.15) is 5.10 Å². The fraction of sp³-hybridized carbons (Fsp3) is 0.188. The first-order chi connectivity index (χ1) is 11.5. The Hall–Kier alpha value is -2.48. The van der Waals surface area contributed by atoms with Gasteiger partial charge in [-0.05, 0) is 40.2 Å². The van der Waals surface area contributed by atoms with Gasteiger partial charge in [0.05, 0.1) is 17.6 Å². The summed E-state index contributed by atoms with van der Waals surface area (Å²) in [6.07, 6.45) is 3.75. The fourth-order valence-corrected chi connectivity index (χ4v) is 2.61. The standard InChI is InChI=1S/C16H14BrFN4O2/c1-22-16(23)14(17)13(8-20-22)19-7-6-12-9-24-15(21-12)10-2-4-11(18)5-3-10/h2-5,8-9,19H,6-7H2,1H3. The molecular weight excluding hydrogens is 379 g/mol. The molecule has 8 heteroatoms. The zero-order valence-corrected chi connectivity index (χ0v) is 14.4. The summed E-state index contributed by atoms with van der Waals surface area (Å²) < 4.78 is 20.0. The molecule has 0 aliphatic rings. The molecule has 2 aromatic heterocycles. The van der Waals surface area contributed by atoms with Crippen molar-refractivity contribution < 1.29 is 8.81 Å². The molecule has 0 amide bonds. The van der Waals surface area contributed by atoms with Gasteiger partial charge in [0, 0.05) is 25.6 Å². The fourth-order valence-electron chi connectivity index (χ4n) is 2.11. The lowest BCUT2D eigenvalue weighted by molar-refractivity contribution is 0.572. The van der Waals surface area contributed by atoms with Gasteiger partial charge in [0.25, 0.3) is 5.56 Å². The highest BCUT2D eigenvalue weighted by Gasteiger charge is 2.09. The van der Waals surface area contributed by atoms with Crippen LogP contribution >= 0.6 is 15.9 Å². The van der Waals surface area contributed by atoms with Crippen LogP contribution in [0.2, 0.25) is 0 Å². The second-order valence-corrected chi connectivity index (χ2v) is 5.92. The van der Waals surface area contributed by atoms with E-state index in [2.05, 4.69) is 31.3 Å². The number of hydrogen-bond acceptors (Lipinski definition) is 5. The average Bonchev–Trinajstić information content (AvgIpc) is 3.04. The van der Waals surface area contributed by atoms with E-state index in [1.807, 2.05) is 0 Å². The quantitative estimate of drug-likeness (QED) is 0.722. The van der Waals surface area contributed by atoms with Crippen molar-refractivity contribution in [2.45, 2.75) is 6.42 Å². The van der Waals surface area contributed by atoms with E-state index in [0.29, 0.717) is 34.6 Å². The maximum Gasteiger partial charge on any atom is 0.282 e. The van der Waals surface area contributed by atoms with Crippen molar-refractivity contribution in [3.05, 3.63) is 63.1 Å². The summed E-state index contributed by atoms with van der Waals surface area (Å²) in [6.45, 7) is 0.558. The molecule has 0 aliphatic carbocycles. The van der Waals surface area contributed by atoms with Crippen LogP contribution in [0.25, 0.3) is 11.5 Å². The maximum atomic E-state index is 12.9. The lowest BCUT2D eigenvalue weighted by Gasteiger charge is -2.07. The summed E-state index contributed by atoms with van der Waals surface area (Å²) in [5, 5.41) is 7.09. The minimum Gasteiger partial charge on any atom is -0.444 e. The van der Waals surface area contributed by atoms with Crippen molar-refractivity contribution in [1.29, 1.82) is 0 Å². The van der Waals surface area contributed by atoms with Gasteiger partial charge in [-0.3, -0.25) is 4.79 Å². The monoisotopic (exact) mass is 392 g/mol. The van der Waals surface area contributed by atoms with Gasteiger partial charge in [0.1, 0.15) is 16.6 Å². The molecular formula is C16H14BrFN4O2. The molecule has 3 rings (SSSR count). The first-order valence-electron chi connectivity index (χ1n) is 7.20. The smallest absolute Gasteiger partial charge is 0.282 e. The minimum atomic E-state index is -0.303. The number of oxazole rings is 1. The molecule has 1 N–H and O–H groups in total. The Labute approximate surface area is 145 Å². The molecule has 0 spiro atoms. The van der Waals surface area contributed by atoms with Crippen molar-refractivity contribution in [3.63, 3.8) is 0 Å². The van der Waals surface area contributed by atoms with E-state index in [-0.39, 0.29) is 11.4 Å². The lowest BCUT2D eigenvalue weighted by atomic mass is 10.2. The Morgan fingerprint density at radius 1 is 1.33 bits per heavy atom. The van der Waals surface area contributed by atoms with Crippen LogP contribution in [0.1, 0.15) is 5.69 Å². The van der Waals surface area contributed by atoms with E-state index in [0.717, 1.165) is 5.69 Å². The molecule has 0 saturated carbocycles. The van der Waals surface area contributed by atoms with Crippen molar-refractivity contribution >= 4 is 21.6 Å². The van der Waals surface area contributed by atoms with Gasteiger partial charge in [-0.15, -0.1) is 0 Å². The lowest BCUT2D eigenvalue weighted by Crippen LogP contribution is -2.21. The van der Waals surface area contributed by atoms with Crippen LogP contribution in [-0.4, -0.2) is 21.3 Å². The molecule has 1 aromatic carbocycles. The number of hydrogen-bond donors (Lipinski definition) is 1. The Morgan fingerprint density at radius 2 is 2.08 bits per heavy atom. The van der Waals surface area contributed by atoms with Gasteiger partial charge >= 0.3 is 0 Å². The first-order valence-corrected chi connectivity index (χ1v) is 8.00. The largest absolute Gasteiger partial charge is 0.444 e. The molecule has 0 radical (unpaired) electrons. The van der Waals surface area contributed by atoms with Crippen LogP contribution in [0.4, 0.5) is 10.1 Å². The zero-order valence-electron chi connectivity index (χ0n) is 12.8. The number of nitrogens with one attached hydrogen (secondary N) is 1. The van der Waals surface area contributed by atoms with Crippen LogP contribution < -0.4 is 10.9 Å². The van der Waals surface area contributed by atoms with E-state index in [4.69, 9.17) is 4.42 Å². The number of nitrogens with zero attached hydrogens (tertiary/aromatic N) is 3. The van der Waals surface area contributed by atoms with Crippen molar-refractivity contribution in [2.75, 3.05) is 11.9 Å². The number of halogens is 2. The van der Waals surface area contributed by atoms with Gasteiger partial charge in [-0.1, -0.05) is 0 Å². The first kappa shape index (κ1) is 16.4. The van der Waals surface area contributed by atoms with Gasteiger partial charge in [0.2, 0.25) is 5.89 Å². The normalized spacial score (nSPS) is 10.8. The van der Waals surface area contributed by atoms with E-state index in [1.165, 1.54) is 16.8 Å². The number of rotatable bonds is 5. The van der Waals surface area contributed by atoms with Crippen LogP contribution in [0.5, 0.6) is 0 Å². The molecule has 0 atom stereocenters. The van der Waals surface area contributed by atoms with Crippen molar-refractivity contribution in [3.8, 4) is 11.5 Å². The third-order valence-corrected chi connectivity index (χ3v) is 4.18. The molecule has 6 nitrogen and oxygen atoms in total. The average molecular weight is 393 g/mol.